The van der Waals surface area contributed by atoms with Gasteiger partial charge in [-0.3, -0.25) is 4.90 Å². The summed E-state index contributed by atoms with van der Waals surface area (Å²) < 4.78 is 5.42. The second-order valence-corrected chi connectivity index (χ2v) is 7.50. The highest BCUT2D eigenvalue weighted by atomic mass is 28.2. The summed E-state index contributed by atoms with van der Waals surface area (Å²) in [6.45, 7) is 5.22. The molecule has 0 saturated carbocycles. The number of nitrogens with zero attached hydrogens (tertiary/aromatic N) is 1. The van der Waals surface area contributed by atoms with Gasteiger partial charge in [0.1, 0.15) is 0 Å². The van der Waals surface area contributed by atoms with Crippen molar-refractivity contribution >= 4 is 9.52 Å². The normalized spacial score (nSPS) is 15.9. The van der Waals surface area contributed by atoms with Gasteiger partial charge in [0.15, 0.2) is 0 Å². The minimum absolute atomic E-state index is 0.544. The lowest BCUT2D eigenvalue weighted by molar-refractivity contribution is 0.0380. The van der Waals surface area contributed by atoms with E-state index in [0.717, 1.165) is 35.8 Å². The van der Waals surface area contributed by atoms with Gasteiger partial charge in [-0.25, -0.2) is 0 Å². The minimum Gasteiger partial charge on any atom is -0.379 e. The summed E-state index contributed by atoms with van der Waals surface area (Å²) in [5, 5.41) is 0. The van der Waals surface area contributed by atoms with E-state index in [0.29, 0.717) is 5.54 Å². The summed E-state index contributed by atoms with van der Waals surface area (Å²) in [4.78, 5) is 2.54. The predicted octanol–water partition coefficient (Wildman–Crippen LogP) is 3.62. The Morgan fingerprint density at radius 1 is 0.870 bits per heavy atom. The number of rotatable bonds is 7. The molecular weight excluding hydrogens is 298 g/mol. The standard InChI is InChI=1S/C20H25NOSi/c1-3-8-18(9-4-1)20(19-10-5-2-6-11-19)23-17-7-12-21-13-15-22-16-14-21/h1-6,8-11,20H,7,12-17H2. The zero-order chi connectivity index (χ0) is 15.7. The topological polar surface area (TPSA) is 12.5 Å². The lowest BCUT2D eigenvalue weighted by Gasteiger charge is -2.26. The van der Waals surface area contributed by atoms with Crippen LogP contribution in [0.1, 0.15) is 23.1 Å². The summed E-state index contributed by atoms with van der Waals surface area (Å²) >= 11 is 0. The van der Waals surface area contributed by atoms with E-state index in [1.165, 1.54) is 30.1 Å². The van der Waals surface area contributed by atoms with Crippen LogP contribution in [0, 0.1) is 0 Å². The Morgan fingerprint density at radius 3 is 2.00 bits per heavy atom. The van der Waals surface area contributed by atoms with Crippen LogP contribution >= 0.6 is 0 Å². The molecule has 3 rings (SSSR count). The molecule has 120 valence electrons. The Balaban J connectivity index is 1.56. The van der Waals surface area contributed by atoms with Crippen LogP contribution in [0.5, 0.6) is 0 Å². The monoisotopic (exact) mass is 323 g/mol. The van der Waals surface area contributed by atoms with E-state index in [-0.39, 0.29) is 0 Å². The third-order valence-electron chi connectivity index (χ3n) is 4.37. The highest BCUT2D eigenvalue weighted by molar-refractivity contribution is 6.39. The van der Waals surface area contributed by atoms with E-state index in [9.17, 15) is 0 Å². The lowest BCUT2D eigenvalue weighted by atomic mass is 10.0. The predicted molar refractivity (Wildman–Crippen MR) is 97.2 cm³/mol. The number of morpholine rings is 1. The van der Waals surface area contributed by atoms with E-state index in [1.807, 2.05) is 0 Å². The summed E-state index contributed by atoms with van der Waals surface area (Å²) in [5.74, 6) is 0. The summed E-state index contributed by atoms with van der Waals surface area (Å²) in [6, 6.07) is 23.2. The maximum atomic E-state index is 5.42. The van der Waals surface area contributed by atoms with Gasteiger partial charge in [-0.1, -0.05) is 66.7 Å². The molecule has 1 heterocycles. The summed E-state index contributed by atoms with van der Waals surface area (Å²) in [7, 11) is 0.941. The first kappa shape index (κ1) is 16.4. The van der Waals surface area contributed by atoms with Crippen LogP contribution in [0.4, 0.5) is 0 Å². The highest BCUT2D eigenvalue weighted by Gasteiger charge is 2.15. The van der Waals surface area contributed by atoms with E-state index in [4.69, 9.17) is 4.74 Å². The Bertz CT molecular complexity index is 515. The third kappa shape index (κ3) is 5.03. The second-order valence-electron chi connectivity index (χ2n) is 6.02. The van der Waals surface area contributed by atoms with Gasteiger partial charge < -0.3 is 4.74 Å². The highest BCUT2D eigenvalue weighted by Crippen LogP contribution is 2.24. The van der Waals surface area contributed by atoms with Gasteiger partial charge in [0.05, 0.1) is 22.7 Å². The van der Waals surface area contributed by atoms with Crippen LogP contribution in [0.25, 0.3) is 0 Å². The first-order chi connectivity index (χ1) is 11.4. The van der Waals surface area contributed by atoms with Gasteiger partial charge >= 0.3 is 0 Å². The zero-order valence-electron chi connectivity index (χ0n) is 13.7. The van der Waals surface area contributed by atoms with E-state index < -0.39 is 0 Å². The Labute approximate surface area is 142 Å². The van der Waals surface area contributed by atoms with Gasteiger partial charge in [-0.05, 0) is 29.6 Å². The number of benzene rings is 2. The molecule has 0 bridgehead atoms. The molecule has 1 saturated heterocycles. The molecule has 2 aromatic carbocycles. The van der Waals surface area contributed by atoms with E-state index in [2.05, 4.69) is 65.6 Å². The van der Waals surface area contributed by atoms with Crippen molar-refractivity contribution in [1.29, 1.82) is 0 Å². The van der Waals surface area contributed by atoms with Gasteiger partial charge in [-0.15, -0.1) is 0 Å². The first-order valence-electron chi connectivity index (χ1n) is 8.57. The van der Waals surface area contributed by atoms with Gasteiger partial charge in [0.25, 0.3) is 0 Å². The molecule has 0 unspecified atom stereocenters. The van der Waals surface area contributed by atoms with Crippen LogP contribution in [-0.2, 0) is 4.74 Å². The molecule has 0 aliphatic carbocycles. The fourth-order valence-corrected chi connectivity index (χ4v) is 4.60. The molecule has 0 N–H and O–H groups in total. The van der Waals surface area contributed by atoms with Crippen molar-refractivity contribution in [3.05, 3.63) is 71.8 Å². The zero-order valence-corrected chi connectivity index (χ0v) is 14.7. The largest absolute Gasteiger partial charge is 0.379 e. The van der Waals surface area contributed by atoms with Crippen LogP contribution in [-0.4, -0.2) is 47.3 Å². The van der Waals surface area contributed by atoms with Crippen molar-refractivity contribution in [3.8, 4) is 0 Å². The van der Waals surface area contributed by atoms with Gasteiger partial charge in [-0.2, -0.15) is 0 Å². The van der Waals surface area contributed by atoms with Crippen molar-refractivity contribution in [2.24, 2.45) is 0 Å². The van der Waals surface area contributed by atoms with Gasteiger partial charge in [0, 0.05) is 13.1 Å². The minimum atomic E-state index is 0.544. The summed E-state index contributed by atoms with van der Waals surface area (Å²) in [6.07, 6.45) is 1.29. The molecule has 2 radical (unpaired) electrons. The smallest absolute Gasteiger partial charge is 0.0594 e. The molecule has 2 aromatic rings. The van der Waals surface area contributed by atoms with Crippen molar-refractivity contribution in [1.82, 2.24) is 4.90 Å². The van der Waals surface area contributed by atoms with Crippen molar-refractivity contribution in [2.45, 2.75) is 18.0 Å². The molecule has 23 heavy (non-hydrogen) atoms. The van der Waals surface area contributed by atoms with Crippen molar-refractivity contribution < 1.29 is 4.74 Å². The molecule has 1 aliphatic rings. The fourth-order valence-electron chi connectivity index (χ4n) is 3.09. The molecule has 0 spiro atoms. The second kappa shape index (κ2) is 9.01. The number of ether oxygens (including phenoxy) is 1. The van der Waals surface area contributed by atoms with Crippen LogP contribution in [0.3, 0.4) is 0 Å². The molecule has 2 nitrogen and oxygen atoms in total. The van der Waals surface area contributed by atoms with E-state index >= 15 is 0 Å². The molecule has 0 aromatic heterocycles. The summed E-state index contributed by atoms with van der Waals surface area (Å²) in [5.41, 5.74) is 3.44. The molecule has 3 heteroatoms. The van der Waals surface area contributed by atoms with Crippen LogP contribution in [0.15, 0.2) is 60.7 Å². The average Bonchev–Trinajstić information content (AvgIpc) is 2.64. The van der Waals surface area contributed by atoms with Gasteiger partial charge in [0.2, 0.25) is 0 Å². The lowest BCUT2D eigenvalue weighted by Crippen LogP contribution is -2.36. The Hall–Kier alpha value is -1.42. The average molecular weight is 324 g/mol. The Morgan fingerprint density at radius 2 is 1.43 bits per heavy atom. The molecule has 0 amide bonds. The molecule has 0 atom stereocenters. The van der Waals surface area contributed by atoms with Crippen LogP contribution < -0.4 is 0 Å². The molecule has 1 aliphatic heterocycles. The fraction of sp³-hybridized carbons (Fsp3) is 0.400. The Kier molecular flexibility index (Phi) is 6.44. The molecular formula is C20H25NOSi. The number of hydrogen-bond acceptors (Lipinski definition) is 2. The maximum Gasteiger partial charge on any atom is 0.0594 e. The van der Waals surface area contributed by atoms with Crippen molar-refractivity contribution in [3.63, 3.8) is 0 Å². The van der Waals surface area contributed by atoms with E-state index in [1.54, 1.807) is 0 Å². The number of hydrogen-bond donors (Lipinski definition) is 0. The van der Waals surface area contributed by atoms with Crippen LogP contribution in [0.2, 0.25) is 6.04 Å². The maximum absolute atomic E-state index is 5.42. The first-order valence-corrected chi connectivity index (χ1v) is 9.85. The third-order valence-corrected chi connectivity index (χ3v) is 6.09. The molecule has 1 fully saturated rings. The SMILES string of the molecule is c1ccc(C([Si]CCCN2CCOCC2)c2ccccc2)cc1. The quantitative estimate of drug-likeness (QED) is 0.570. The van der Waals surface area contributed by atoms with Crippen molar-refractivity contribution in [2.75, 3.05) is 32.8 Å².